The van der Waals surface area contributed by atoms with Gasteiger partial charge < -0.3 is 16.0 Å². The number of carbonyl (C=O) groups is 3. The second kappa shape index (κ2) is 6.81. The quantitative estimate of drug-likeness (QED) is 0.630. The fraction of sp³-hybridized carbons (Fsp3) is 0.526. The van der Waals surface area contributed by atoms with Gasteiger partial charge >= 0.3 is 0 Å². The summed E-state index contributed by atoms with van der Waals surface area (Å²) in [4.78, 5) is 43.3. The van der Waals surface area contributed by atoms with Gasteiger partial charge in [-0.2, -0.15) is 5.10 Å². The highest BCUT2D eigenvalue weighted by Crippen LogP contribution is 2.53. The summed E-state index contributed by atoms with van der Waals surface area (Å²) in [6.45, 7) is 0.314. The van der Waals surface area contributed by atoms with Crippen molar-refractivity contribution in [1.29, 1.82) is 0 Å². The topological polar surface area (TPSA) is 123 Å². The molecule has 3 heterocycles. The van der Waals surface area contributed by atoms with E-state index in [1.54, 1.807) is 17.2 Å². The van der Waals surface area contributed by atoms with Crippen LogP contribution in [0.25, 0.3) is 10.9 Å². The van der Waals surface area contributed by atoms with Crippen molar-refractivity contribution >= 4 is 51.8 Å². The second-order valence-corrected chi connectivity index (χ2v) is 9.83. The van der Waals surface area contributed by atoms with E-state index in [2.05, 4.69) is 15.4 Å². The standard InChI is InChI=1S/C19H20Cl2N6O3/c20-19(21)5-10(19)6-24-18(30)14-4-9-3-13(9)27(14)15(28)8-26-12-1-2-23-7-11(12)16(25-26)17(22)29/h1-2,7,9-10,13-14H,3-6,8H2,(H2,22,29)(H,24,30)/t9-,10-,13-,14+/m1/s1. The van der Waals surface area contributed by atoms with Crippen molar-refractivity contribution in [3.05, 3.63) is 24.2 Å². The first-order valence-corrected chi connectivity index (χ1v) is 10.6. The third-order valence-corrected chi connectivity index (χ3v) is 7.17. The Morgan fingerprint density at radius 1 is 1.30 bits per heavy atom. The molecular weight excluding hydrogens is 431 g/mol. The minimum atomic E-state index is -0.755. The number of primary amides is 1. The van der Waals surface area contributed by atoms with Crippen LogP contribution < -0.4 is 11.1 Å². The lowest BCUT2D eigenvalue weighted by molar-refractivity contribution is -0.140. The van der Waals surface area contributed by atoms with Crippen LogP contribution in [-0.2, 0) is 16.1 Å². The van der Waals surface area contributed by atoms with Crippen LogP contribution in [0.15, 0.2) is 18.5 Å². The van der Waals surface area contributed by atoms with E-state index in [0.717, 1.165) is 6.42 Å². The molecule has 11 heteroatoms. The number of amides is 3. The Morgan fingerprint density at radius 2 is 2.07 bits per heavy atom. The molecule has 0 radical (unpaired) electrons. The Kier molecular flexibility index (Phi) is 4.44. The van der Waals surface area contributed by atoms with E-state index in [-0.39, 0.29) is 36.0 Å². The van der Waals surface area contributed by atoms with E-state index in [1.165, 1.54) is 10.9 Å². The molecule has 2 aromatic rings. The molecule has 9 nitrogen and oxygen atoms in total. The van der Waals surface area contributed by atoms with Crippen molar-refractivity contribution in [2.75, 3.05) is 6.54 Å². The summed E-state index contributed by atoms with van der Waals surface area (Å²) < 4.78 is 0.693. The van der Waals surface area contributed by atoms with Crippen LogP contribution in [0.4, 0.5) is 0 Å². The molecule has 2 saturated carbocycles. The lowest BCUT2D eigenvalue weighted by atomic mass is 10.1. The number of aromatic nitrogens is 3. The number of hydrogen-bond donors (Lipinski definition) is 2. The van der Waals surface area contributed by atoms with Gasteiger partial charge in [0.1, 0.15) is 16.9 Å². The van der Waals surface area contributed by atoms with E-state index in [0.29, 0.717) is 36.2 Å². The molecule has 3 amide bonds. The highest BCUT2D eigenvalue weighted by Gasteiger charge is 2.56. The van der Waals surface area contributed by atoms with Gasteiger partial charge in [-0.1, -0.05) is 0 Å². The first-order chi connectivity index (χ1) is 14.3. The number of nitrogens with zero attached hydrogens (tertiary/aromatic N) is 4. The maximum absolute atomic E-state index is 13.2. The Hall–Kier alpha value is -2.39. The third-order valence-electron chi connectivity index (χ3n) is 6.24. The number of pyridine rings is 1. The van der Waals surface area contributed by atoms with Gasteiger partial charge in [0, 0.05) is 30.9 Å². The molecule has 1 saturated heterocycles. The van der Waals surface area contributed by atoms with Gasteiger partial charge in [-0.3, -0.25) is 24.0 Å². The van der Waals surface area contributed by atoms with Crippen molar-refractivity contribution in [3.63, 3.8) is 0 Å². The largest absolute Gasteiger partial charge is 0.364 e. The Morgan fingerprint density at radius 3 is 2.77 bits per heavy atom. The Bertz CT molecular complexity index is 1070. The van der Waals surface area contributed by atoms with E-state index in [1.807, 2.05) is 0 Å². The monoisotopic (exact) mass is 450 g/mol. The molecule has 0 spiro atoms. The number of carbonyl (C=O) groups excluding carboxylic acids is 3. The van der Waals surface area contributed by atoms with Gasteiger partial charge in [-0.25, -0.2) is 0 Å². The van der Waals surface area contributed by atoms with Crippen molar-refractivity contribution in [2.24, 2.45) is 17.6 Å². The molecule has 2 aliphatic carbocycles. The van der Waals surface area contributed by atoms with Gasteiger partial charge in [0.05, 0.1) is 10.9 Å². The summed E-state index contributed by atoms with van der Waals surface area (Å²) in [5.74, 6) is -0.687. The van der Waals surface area contributed by atoms with Gasteiger partial charge in [-0.15, -0.1) is 23.2 Å². The van der Waals surface area contributed by atoms with E-state index < -0.39 is 16.3 Å². The van der Waals surface area contributed by atoms with E-state index in [4.69, 9.17) is 28.9 Å². The van der Waals surface area contributed by atoms with Crippen molar-refractivity contribution in [2.45, 2.75) is 42.2 Å². The van der Waals surface area contributed by atoms with Crippen LogP contribution in [0.5, 0.6) is 0 Å². The third kappa shape index (κ3) is 3.30. The van der Waals surface area contributed by atoms with Crippen LogP contribution in [0, 0.1) is 11.8 Å². The highest BCUT2D eigenvalue weighted by atomic mass is 35.5. The summed E-state index contributed by atoms with van der Waals surface area (Å²) >= 11 is 12.0. The molecular formula is C19H20Cl2N6O3. The maximum Gasteiger partial charge on any atom is 0.269 e. The average molecular weight is 451 g/mol. The predicted molar refractivity (Wildman–Crippen MR) is 109 cm³/mol. The zero-order valence-electron chi connectivity index (χ0n) is 15.9. The molecule has 3 fully saturated rings. The number of nitrogens with two attached hydrogens (primary N) is 1. The first-order valence-electron chi connectivity index (χ1n) is 9.83. The number of fused-ring (bicyclic) bond motifs is 2. The summed E-state index contributed by atoms with van der Waals surface area (Å²) in [7, 11) is 0. The molecule has 5 rings (SSSR count). The summed E-state index contributed by atoms with van der Waals surface area (Å²) in [6.07, 6.45) is 5.26. The van der Waals surface area contributed by atoms with Crippen LogP contribution >= 0.6 is 23.2 Å². The van der Waals surface area contributed by atoms with Crippen LogP contribution in [0.2, 0.25) is 0 Å². The van der Waals surface area contributed by atoms with Crippen molar-refractivity contribution in [1.82, 2.24) is 25.0 Å². The van der Waals surface area contributed by atoms with E-state index in [9.17, 15) is 14.4 Å². The molecule has 1 aliphatic heterocycles. The molecule has 0 unspecified atom stereocenters. The number of halogens is 2. The number of alkyl halides is 2. The van der Waals surface area contributed by atoms with Crippen molar-refractivity contribution < 1.29 is 14.4 Å². The number of piperidine rings is 1. The average Bonchev–Trinajstić information content (AvgIpc) is 3.49. The first kappa shape index (κ1) is 19.6. The maximum atomic E-state index is 13.2. The molecule has 2 aromatic heterocycles. The predicted octanol–water partition coefficient (Wildman–Crippen LogP) is 0.830. The van der Waals surface area contributed by atoms with Crippen molar-refractivity contribution in [3.8, 4) is 0 Å². The minimum Gasteiger partial charge on any atom is -0.364 e. The summed E-state index contributed by atoms with van der Waals surface area (Å²) in [5, 5.41) is 7.60. The molecule has 158 valence electrons. The molecule has 4 atom stereocenters. The van der Waals surface area contributed by atoms with E-state index >= 15 is 0 Å². The smallest absolute Gasteiger partial charge is 0.269 e. The fourth-order valence-electron chi connectivity index (χ4n) is 4.42. The number of nitrogens with one attached hydrogen (secondary N) is 1. The number of rotatable bonds is 6. The van der Waals surface area contributed by atoms with Gasteiger partial charge in [-0.05, 0) is 31.2 Å². The molecule has 0 aromatic carbocycles. The molecule has 3 aliphatic rings. The van der Waals surface area contributed by atoms with Gasteiger partial charge in [0.15, 0.2) is 5.69 Å². The molecule has 30 heavy (non-hydrogen) atoms. The Balaban J connectivity index is 1.32. The highest BCUT2D eigenvalue weighted by molar-refractivity contribution is 6.50. The normalized spacial score (nSPS) is 28.3. The lowest BCUT2D eigenvalue weighted by Crippen LogP contribution is -2.49. The lowest BCUT2D eigenvalue weighted by Gasteiger charge is -2.27. The van der Waals surface area contributed by atoms with Crippen LogP contribution in [-0.4, -0.2) is 60.3 Å². The number of likely N-dealkylation sites (tertiary alicyclic amines) is 1. The SMILES string of the molecule is NC(=O)c1nn(CC(=O)N2[C@@H]3C[C@@H]3C[C@H]2C(=O)NC[C@H]2CC2(Cl)Cl)c2ccncc12. The Labute approximate surface area is 181 Å². The summed E-state index contributed by atoms with van der Waals surface area (Å²) in [6, 6.07) is 1.24. The van der Waals surface area contributed by atoms with Gasteiger partial charge in [0.2, 0.25) is 11.8 Å². The fourth-order valence-corrected chi connectivity index (χ4v) is 4.94. The molecule has 3 N–H and O–H groups in total. The van der Waals surface area contributed by atoms with Crippen LogP contribution in [0.3, 0.4) is 0 Å². The van der Waals surface area contributed by atoms with Gasteiger partial charge in [0.25, 0.3) is 5.91 Å². The molecule has 0 bridgehead atoms. The van der Waals surface area contributed by atoms with Crippen LogP contribution in [0.1, 0.15) is 29.8 Å². The zero-order valence-corrected chi connectivity index (χ0v) is 17.4. The minimum absolute atomic E-state index is 0.0427. The number of hydrogen-bond acceptors (Lipinski definition) is 5. The second-order valence-electron chi connectivity index (χ2n) is 8.29. The zero-order chi connectivity index (χ0) is 21.2. The summed E-state index contributed by atoms with van der Waals surface area (Å²) in [5.41, 5.74) is 6.07.